The van der Waals surface area contributed by atoms with Gasteiger partial charge in [-0.3, -0.25) is 15.5 Å². The average Bonchev–Trinajstić information content (AvgIpc) is 2.46. The van der Waals surface area contributed by atoms with Gasteiger partial charge in [0, 0.05) is 11.6 Å². The van der Waals surface area contributed by atoms with Crippen molar-refractivity contribution in [1.29, 1.82) is 5.41 Å². The van der Waals surface area contributed by atoms with Crippen LogP contribution in [-0.4, -0.2) is 10.8 Å². The van der Waals surface area contributed by atoms with Crippen LogP contribution in [0, 0.1) is 22.4 Å². The Bertz CT molecular complexity index is 681. The minimum absolute atomic E-state index is 0.00311. The molecule has 2 aromatic rings. The number of nitrogen functional groups attached to an aromatic ring is 1. The quantitative estimate of drug-likeness (QED) is 0.381. The van der Waals surface area contributed by atoms with Crippen molar-refractivity contribution >= 4 is 11.5 Å². The number of nitrogens with zero attached hydrogens (tertiary/aromatic N) is 1. The maximum atomic E-state index is 11.0. The van der Waals surface area contributed by atoms with Gasteiger partial charge in [-0.2, -0.15) is 0 Å². The van der Waals surface area contributed by atoms with E-state index in [2.05, 4.69) is 0 Å². The number of nitrogens with two attached hydrogens (primary N) is 1. The molecule has 0 aliphatic carbocycles. The highest BCUT2D eigenvalue weighted by molar-refractivity contribution is 5.94. The summed E-state index contributed by atoms with van der Waals surface area (Å²) in [7, 11) is 0. The number of nitro groups is 1. The fourth-order valence-corrected chi connectivity index (χ4v) is 1.83. The first kappa shape index (κ1) is 14.5. The van der Waals surface area contributed by atoms with Crippen LogP contribution in [0.4, 0.5) is 5.69 Å². The van der Waals surface area contributed by atoms with Crippen LogP contribution in [0.5, 0.6) is 5.75 Å². The number of ether oxygens (including phenoxy) is 1. The molecule has 0 saturated heterocycles. The summed E-state index contributed by atoms with van der Waals surface area (Å²) in [6, 6.07) is 11.8. The van der Waals surface area contributed by atoms with Crippen molar-refractivity contribution in [3.8, 4) is 5.75 Å². The molecule has 0 aliphatic rings. The molecule has 0 atom stereocenters. The van der Waals surface area contributed by atoms with Crippen molar-refractivity contribution < 1.29 is 9.66 Å². The Hall–Kier alpha value is -2.89. The van der Waals surface area contributed by atoms with E-state index in [9.17, 15) is 10.1 Å². The minimum atomic E-state index is -0.457. The Morgan fingerprint density at radius 2 is 1.95 bits per heavy atom. The van der Waals surface area contributed by atoms with Crippen LogP contribution in [0.3, 0.4) is 0 Å². The lowest BCUT2D eigenvalue weighted by Crippen LogP contribution is -2.10. The van der Waals surface area contributed by atoms with E-state index in [1.807, 2.05) is 0 Å². The predicted octanol–water partition coefficient (Wildman–Crippen LogP) is 2.77. The summed E-state index contributed by atoms with van der Waals surface area (Å²) in [6.07, 6.45) is 0. The summed E-state index contributed by atoms with van der Waals surface area (Å²) in [6.45, 7) is 2.00. The molecule has 2 rings (SSSR count). The van der Waals surface area contributed by atoms with Crippen molar-refractivity contribution in [3.63, 3.8) is 0 Å². The summed E-state index contributed by atoms with van der Waals surface area (Å²) in [5.74, 6) is 0.234. The molecular formula is C15H15N3O3. The van der Waals surface area contributed by atoms with E-state index in [0.717, 1.165) is 11.1 Å². The Balaban J connectivity index is 2.13. The smallest absolute Gasteiger partial charge is 0.311 e. The summed E-state index contributed by atoms with van der Waals surface area (Å²) in [5.41, 5.74) is 7.60. The molecule has 0 aromatic heterocycles. The number of nitrogens with one attached hydrogen (secondary N) is 1. The molecule has 6 nitrogen and oxygen atoms in total. The normalized spacial score (nSPS) is 10.1. The lowest BCUT2D eigenvalue weighted by molar-refractivity contribution is -0.386. The third-order valence-corrected chi connectivity index (χ3v) is 2.97. The van der Waals surface area contributed by atoms with E-state index in [4.69, 9.17) is 15.9 Å². The highest BCUT2D eigenvalue weighted by atomic mass is 16.6. The van der Waals surface area contributed by atoms with Crippen molar-refractivity contribution in [2.75, 3.05) is 0 Å². The molecule has 0 heterocycles. The van der Waals surface area contributed by atoms with Crippen molar-refractivity contribution in [3.05, 3.63) is 69.3 Å². The molecular weight excluding hydrogens is 270 g/mol. The lowest BCUT2D eigenvalue weighted by Gasteiger charge is -2.08. The topological polar surface area (TPSA) is 102 Å². The second kappa shape index (κ2) is 6.04. The van der Waals surface area contributed by atoms with Crippen LogP contribution >= 0.6 is 0 Å². The third kappa shape index (κ3) is 3.56. The molecule has 108 valence electrons. The summed E-state index contributed by atoms with van der Waals surface area (Å²) in [4.78, 5) is 10.5. The van der Waals surface area contributed by atoms with Crippen molar-refractivity contribution in [1.82, 2.24) is 0 Å². The zero-order valence-electron chi connectivity index (χ0n) is 11.5. The SMILES string of the molecule is Cc1ccc(OCc2ccc(C(=N)N)cc2)c([N+](=O)[O-])c1. The van der Waals surface area contributed by atoms with Crippen LogP contribution in [0.2, 0.25) is 0 Å². The number of rotatable bonds is 5. The first-order valence-electron chi connectivity index (χ1n) is 6.28. The van der Waals surface area contributed by atoms with Gasteiger partial charge >= 0.3 is 5.69 Å². The van der Waals surface area contributed by atoms with E-state index < -0.39 is 4.92 Å². The van der Waals surface area contributed by atoms with E-state index in [1.165, 1.54) is 6.07 Å². The molecule has 0 amide bonds. The maximum Gasteiger partial charge on any atom is 0.311 e. The van der Waals surface area contributed by atoms with Crippen LogP contribution in [0.1, 0.15) is 16.7 Å². The third-order valence-electron chi connectivity index (χ3n) is 2.97. The van der Waals surface area contributed by atoms with E-state index in [1.54, 1.807) is 43.3 Å². The number of nitro benzene ring substituents is 1. The fraction of sp³-hybridized carbons (Fsp3) is 0.133. The Morgan fingerprint density at radius 3 is 2.52 bits per heavy atom. The standard InChI is InChI=1S/C15H15N3O3/c1-10-2-7-14(13(8-10)18(19)20)21-9-11-3-5-12(6-4-11)15(16)17/h2-8H,9H2,1H3,(H3,16,17). The van der Waals surface area contributed by atoms with Gasteiger partial charge in [-0.1, -0.05) is 30.3 Å². The Labute approximate surface area is 121 Å². The Morgan fingerprint density at radius 1 is 1.29 bits per heavy atom. The van der Waals surface area contributed by atoms with Gasteiger partial charge in [0.05, 0.1) is 4.92 Å². The van der Waals surface area contributed by atoms with Crippen LogP contribution in [0.25, 0.3) is 0 Å². The first-order chi connectivity index (χ1) is 9.97. The molecule has 0 spiro atoms. The van der Waals surface area contributed by atoms with Crippen LogP contribution in [0.15, 0.2) is 42.5 Å². The second-order valence-electron chi connectivity index (χ2n) is 4.63. The van der Waals surface area contributed by atoms with Gasteiger partial charge in [0.2, 0.25) is 0 Å². The molecule has 0 radical (unpaired) electrons. The van der Waals surface area contributed by atoms with Gasteiger partial charge in [-0.15, -0.1) is 0 Å². The van der Waals surface area contributed by atoms with Gasteiger partial charge in [-0.25, -0.2) is 0 Å². The molecule has 0 saturated carbocycles. The molecule has 0 unspecified atom stereocenters. The van der Waals surface area contributed by atoms with Gasteiger partial charge in [-0.05, 0) is 24.1 Å². The van der Waals surface area contributed by atoms with Gasteiger partial charge in [0.1, 0.15) is 12.4 Å². The second-order valence-corrected chi connectivity index (χ2v) is 4.63. The fourth-order valence-electron chi connectivity index (χ4n) is 1.83. The molecule has 0 aliphatic heterocycles. The highest BCUT2D eigenvalue weighted by Crippen LogP contribution is 2.28. The average molecular weight is 285 g/mol. The van der Waals surface area contributed by atoms with Gasteiger partial charge < -0.3 is 10.5 Å². The summed E-state index contributed by atoms with van der Waals surface area (Å²) in [5, 5.41) is 18.3. The highest BCUT2D eigenvalue weighted by Gasteiger charge is 2.15. The molecule has 21 heavy (non-hydrogen) atoms. The number of amidine groups is 1. The number of hydrogen-bond donors (Lipinski definition) is 2. The molecule has 0 fully saturated rings. The van der Waals surface area contributed by atoms with Crippen molar-refractivity contribution in [2.24, 2.45) is 5.73 Å². The zero-order valence-corrected chi connectivity index (χ0v) is 11.5. The largest absolute Gasteiger partial charge is 0.482 e. The van der Waals surface area contributed by atoms with Crippen LogP contribution in [-0.2, 0) is 6.61 Å². The zero-order chi connectivity index (χ0) is 15.4. The lowest BCUT2D eigenvalue weighted by atomic mass is 10.1. The van der Waals surface area contributed by atoms with Gasteiger partial charge in [0.25, 0.3) is 0 Å². The molecule has 2 aromatic carbocycles. The monoisotopic (exact) mass is 285 g/mol. The number of aryl methyl sites for hydroxylation is 1. The first-order valence-corrected chi connectivity index (χ1v) is 6.28. The van der Waals surface area contributed by atoms with E-state index >= 15 is 0 Å². The van der Waals surface area contributed by atoms with E-state index in [-0.39, 0.29) is 23.9 Å². The number of hydrogen-bond acceptors (Lipinski definition) is 4. The Kier molecular flexibility index (Phi) is 4.18. The predicted molar refractivity (Wildman–Crippen MR) is 79.6 cm³/mol. The molecule has 0 bridgehead atoms. The molecule has 3 N–H and O–H groups in total. The minimum Gasteiger partial charge on any atom is -0.482 e. The maximum absolute atomic E-state index is 11.0. The van der Waals surface area contributed by atoms with Gasteiger partial charge in [0.15, 0.2) is 5.75 Å². The summed E-state index contributed by atoms with van der Waals surface area (Å²) >= 11 is 0. The summed E-state index contributed by atoms with van der Waals surface area (Å²) < 4.78 is 5.51. The van der Waals surface area contributed by atoms with Crippen molar-refractivity contribution in [2.45, 2.75) is 13.5 Å². The van der Waals surface area contributed by atoms with Crippen LogP contribution < -0.4 is 10.5 Å². The number of benzene rings is 2. The molecule has 6 heteroatoms. The van der Waals surface area contributed by atoms with E-state index in [0.29, 0.717) is 5.56 Å².